The molecule has 0 saturated heterocycles. The van der Waals surface area contributed by atoms with E-state index in [1.54, 1.807) is 24.3 Å². The molecule has 2 aromatic carbocycles. The van der Waals surface area contributed by atoms with Gasteiger partial charge in [0.05, 0.1) is 5.39 Å². The molecule has 1 aromatic heterocycles. The Bertz CT molecular complexity index is 1160. The zero-order valence-corrected chi connectivity index (χ0v) is 16.3. The van der Waals surface area contributed by atoms with Crippen molar-refractivity contribution >= 4 is 28.3 Å². The largest absolute Gasteiger partial charge is 0.448 e. The smallest absolute Gasteiger partial charge is 0.360 e. The standard InChI is InChI=1S/C21H19F2N3O4/c1-3-11-26-20(28)14-8-5-4-7-13(14)17(25-26)21(29)30-12(2)19(27)24-18-15(22)9-6-10-16(18)23/h4-10,12H,3,11H2,1-2H3,(H,24,27). The topological polar surface area (TPSA) is 90.3 Å². The number of aryl methyl sites for hydroxylation is 1. The van der Waals surface area contributed by atoms with Crippen LogP contribution >= 0.6 is 0 Å². The Morgan fingerprint density at radius 1 is 1.10 bits per heavy atom. The third-order valence-corrected chi connectivity index (χ3v) is 4.36. The number of rotatable bonds is 6. The average Bonchev–Trinajstić information content (AvgIpc) is 2.72. The van der Waals surface area contributed by atoms with Gasteiger partial charge in [0.2, 0.25) is 0 Å². The van der Waals surface area contributed by atoms with Crippen LogP contribution in [0.25, 0.3) is 10.8 Å². The van der Waals surface area contributed by atoms with Gasteiger partial charge in [0.1, 0.15) is 17.3 Å². The fourth-order valence-corrected chi connectivity index (χ4v) is 2.86. The van der Waals surface area contributed by atoms with Gasteiger partial charge < -0.3 is 10.1 Å². The molecule has 0 aliphatic carbocycles. The molecule has 7 nitrogen and oxygen atoms in total. The van der Waals surface area contributed by atoms with E-state index in [2.05, 4.69) is 10.4 Å². The molecular formula is C21H19F2N3O4. The van der Waals surface area contributed by atoms with Gasteiger partial charge in [-0.15, -0.1) is 0 Å². The summed E-state index contributed by atoms with van der Waals surface area (Å²) in [7, 11) is 0. The SMILES string of the molecule is CCCn1nc(C(=O)OC(C)C(=O)Nc2c(F)cccc2F)c2ccccc2c1=O. The fourth-order valence-electron chi connectivity index (χ4n) is 2.86. The zero-order valence-electron chi connectivity index (χ0n) is 16.3. The third kappa shape index (κ3) is 4.19. The molecule has 1 atom stereocenters. The number of nitrogens with zero attached hydrogens (tertiary/aromatic N) is 2. The van der Waals surface area contributed by atoms with E-state index in [9.17, 15) is 23.2 Å². The Labute approximate surface area is 170 Å². The van der Waals surface area contributed by atoms with Crippen LogP contribution in [0.3, 0.4) is 0 Å². The Hall–Kier alpha value is -3.62. The first-order valence-corrected chi connectivity index (χ1v) is 9.29. The van der Waals surface area contributed by atoms with Crippen LogP contribution in [0.2, 0.25) is 0 Å². The second-order valence-corrected chi connectivity index (χ2v) is 6.56. The molecule has 1 heterocycles. The summed E-state index contributed by atoms with van der Waals surface area (Å²) in [6.45, 7) is 3.42. The minimum absolute atomic E-state index is 0.129. The van der Waals surface area contributed by atoms with Gasteiger partial charge in [0, 0.05) is 11.9 Å². The predicted molar refractivity (Wildman–Crippen MR) is 106 cm³/mol. The monoisotopic (exact) mass is 415 g/mol. The van der Waals surface area contributed by atoms with E-state index in [1.807, 2.05) is 6.92 Å². The van der Waals surface area contributed by atoms with Crippen molar-refractivity contribution in [2.75, 3.05) is 5.32 Å². The highest BCUT2D eigenvalue weighted by atomic mass is 19.1. The molecule has 0 aliphatic rings. The minimum atomic E-state index is -1.37. The van der Waals surface area contributed by atoms with Crippen molar-refractivity contribution in [3.63, 3.8) is 0 Å². The molecule has 0 radical (unpaired) electrons. The summed E-state index contributed by atoms with van der Waals surface area (Å²) in [5.41, 5.74) is -1.11. The van der Waals surface area contributed by atoms with Gasteiger partial charge in [-0.3, -0.25) is 9.59 Å². The van der Waals surface area contributed by atoms with E-state index in [-0.39, 0.29) is 16.6 Å². The lowest BCUT2D eigenvalue weighted by atomic mass is 10.1. The maximum atomic E-state index is 13.7. The van der Waals surface area contributed by atoms with Crippen molar-refractivity contribution in [3.05, 3.63) is 70.1 Å². The number of esters is 1. The Kier molecular flexibility index (Phi) is 6.20. The summed E-state index contributed by atoms with van der Waals surface area (Å²) in [6, 6.07) is 9.56. The highest BCUT2D eigenvalue weighted by Gasteiger charge is 2.24. The number of benzene rings is 2. The number of carbonyl (C=O) groups is 2. The number of halogens is 2. The van der Waals surface area contributed by atoms with Crippen molar-refractivity contribution in [1.82, 2.24) is 9.78 Å². The number of hydrogen-bond donors (Lipinski definition) is 1. The van der Waals surface area contributed by atoms with Gasteiger partial charge in [0.25, 0.3) is 11.5 Å². The third-order valence-electron chi connectivity index (χ3n) is 4.36. The van der Waals surface area contributed by atoms with E-state index >= 15 is 0 Å². The molecule has 1 N–H and O–H groups in total. The molecule has 1 unspecified atom stereocenters. The van der Waals surface area contributed by atoms with Crippen LogP contribution < -0.4 is 10.9 Å². The predicted octanol–water partition coefficient (Wildman–Crippen LogP) is 3.27. The van der Waals surface area contributed by atoms with Crippen LogP contribution in [0.5, 0.6) is 0 Å². The Morgan fingerprint density at radius 3 is 2.37 bits per heavy atom. The normalized spacial score (nSPS) is 11.9. The zero-order chi connectivity index (χ0) is 21.8. The van der Waals surface area contributed by atoms with Crippen LogP contribution in [0.1, 0.15) is 30.8 Å². The van der Waals surface area contributed by atoms with Gasteiger partial charge in [-0.25, -0.2) is 18.3 Å². The molecule has 156 valence electrons. The molecule has 0 fully saturated rings. The summed E-state index contributed by atoms with van der Waals surface area (Å²) >= 11 is 0. The molecular weight excluding hydrogens is 396 g/mol. The molecule has 0 spiro atoms. The molecule has 30 heavy (non-hydrogen) atoms. The Balaban J connectivity index is 1.86. The molecule has 3 aromatic rings. The molecule has 1 amide bonds. The fraction of sp³-hybridized carbons (Fsp3) is 0.238. The van der Waals surface area contributed by atoms with Crippen molar-refractivity contribution in [1.29, 1.82) is 0 Å². The lowest BCUT2D eigenvalue weighted by Gasteiger charge is -2.15. The Morgan fingerprint density at radius 2 is 1.73 bits per heavy atom. The number of ether oxygens (including phenoxy) is 1. The summed E-state index contributed by atoms with van der Waals surface area (Å²) in [6.07, 6.45) is -0.754. The van der Waals surface area contributed by atoms with Crippen LogP contribution in [0.15, 0.2) is 47.3 Å². The number of amides is 1. The number of fused-ring (bicyclic) bond motifs is 1. The van der Waals surface area contributed by atoms with Gasteiger partial charge in [-0.2, -0.15) is 5.10 Å². The lowest BCUT2D eigenvalue weighted by molar-refractivity contribution is -0.123. The first-order chi connectivity index (χ1) is 14.3. The highest BCUT2D eigenvalue weighted by molar-refractivity contribution is 6.03. The van der Waals surface area contributed by atoms with Gasteiger partial charge in [-0.1, -0.05) is 31.2 Å². The van der Waals surface area contributed by atoms with Crippen LogP contribution in [-0.4, -0.2) is 27.8 Å². The second kappa shape index (κ2) is 8.81. The summed E-state index contributed by atoms with van der Waals surface area (Å²) in [5, 5.41) is 6.74. The summed E-state index contributed by atoms with van der Waals surface area (Å²) < 4.78 is 33.8. The van der Waals surface area contributed by atoms with E-state index in [1.165, 1.54) is 11.6 Å². The van der Waals surface area contributed by atoms with Crippen molar-refractivity contribution in [2.45, 2.75) is 32.9 Å². The van der Waals surface area contributed by atoms with Gasteiger partial charge in [0.15, 0.2) is 11.8 Å². The van der Waals surface area contributed by atoms with Crippen molar-refractivity contribution in [3.8, 4) is 0 Å². The van der Waals surface area contributed by atoms with Gasteiger partial charge in [-0.05, 0) is 31.5 Å². The van der Waals surface area contributed by atoms with Crippen LogP contribution in [0, 0.1) is 11.6 Å². The lowest BCUT2D eigenvalue weighted by Crippen LogP contribution is -2.32. The highest BCUT2D eigenvalue weighted by Crippen LogP contribution is 2.19. The number of para-hydroxylation sites is 1. The number of aromatic nitrogens is 2. The number of nitrogens with one attached hydrogen (secondary N) is 1. The second-order valence-electron chi connectivity index (χ2n) is 6.56. The van der Waals surface area contributed by atoms with E-state index in [0.29, 0.717) is 18.4 Å². The molecule has 0 bridgehead atoms. The average molecular weight is 415 g/mol. The van der Waals surface area contributed by atoms with E-state index in [0.717, 1.165) is 18.2 Å². The number of hydrogen-bond acceptors (Lipinski definition) is 5. The number of carbonyl (C=O) groups excluding carboxylic acids is 2. The van der Waals surface area contributed by atoms with Crippen molar-refractivity contribution < 1.29 is 23.1 Å². The first kappa shape index (κ1) is 21.1. The van der Waals surface area contributed by atoms with Crippen molar-refractivity contribution in [2.24, 2.45) is 0 Å². The molecule has 0 aliphatic heterocycles. The molecule has 0 saturated carbocycles. The van der Waals surface area contributed by atoms with E-state index < -0.39 is 35.3 Å². The molecule has 9 heteroatoms. The first-order valence-electron chi connectivity index (χ1n) is 9.29. The maximum Gasteiger partial charge on any atom is 0.360 e. The summed E-state index contributed by atoms with van der Waals surface area (Å²) in [4.78, 5) is 37.5. The minimum Gasteiger partial charge on any atom is -0.448 e. The van der Waals surface area contributed by atoms with Gasteiger partial charge >= 0.3 is 5.97 Å². The maximum absolute atomic E-state index is 13.7. The van der Waals surface area contributed by atoms with E-state index in [4.69, 9.17) is 4.74 Å². The van der Waals surface area contributed by atoms with Crippen LogP contribution in [0.4, 0.5) is 14.5 Å². The van der Waals surface area contributed by atoms with Crippen LogP contribution in [-0.2, 0) is 16.1 Å². The quantitative estimate of drug-likeness (QED) is 0.624. The number of anilines is 1. The molecule has 3 rings (SSSR count). The summed E-state index contributed by atoms with van der Waals surface area (Å²) in [5.74, 6) is -3.77.